The molecular weight excluding hydrogens is 299 g/mol. The number of halogens is 3. The van der Waals surface area contributed by atoms with Crippen LogP contribution < -0.4 is 4.72 Å². The monoisotopic (exact) mass is 313 g/mol. The third-order valence-electron chi connectivity index (χ3n) is 2.44. The molecule has 9 heteroatoms. The fraction of sp³-hybridized carbons (Fsp3) is 0.455. The van der Waals surface area contributed by atoms with E-state index >= 15 is 0 Å². The van der Waals surface area contributed by atoms with Gasteiger partial charge in [0.1, 0.15) is 0 Å². The Bertz CT molecular complexity index is 541. The smallest absolute Gasteiger partial charge is 0.355 e. The van der Waals surface area contributed by atoms with Crippen LogP contribution in [-0.4, -0.2) is 35.5 Å². The van der Waals surface area contributed by atoms with E-state index in [0.29, 0.717) is 6.07 Å². The summed E-state index contributed by atoms with van der Waals surface area (Å²) in [4.78, 5) is -0.474. The number of alkyl halides is 3. The van der Waals surface area contributed by atoms with E-state index in [2.05, 4.69) is 4.72 Å². The van der Waals surface area contributed by atoms with Crippen LogP contribution in [0.2, 0.25) is 0 Å². The molecule has 0 saturated carbocycles. The van der Waals surface area contributed by atoms with Gasteiger partial charge in [-0.1, -0.05) is 6.07 Å². The standard InChI is InChI=1S/C11H14F3NO4S/c1-18-10(19-2)7-15-20(16,17)9-5-3-4-8(6-9)11(12,13)14/h3-6,10,15H,7H2,1-2H3. The normalized spacial score (nSPS) is 12.9. The van der Waals surface area contributed by atoms with Crippen LogP contribution >= 0.6 is 0 Å². The van der Waals surface area contributed by atoms with Crippen LogP contribution in [0.25, 0.3) is 0 Å². The SMILES string of the molecule is COC(CNS(=O)(=O)c1cccc(C(F)(F)F)c1)OC. The molecule has 0 radical (unpaired) electrons. The molecule has 20 heavy (non-hydrogen) atoms. The fourth-order valence-electron chi connectivity index (χ4n) is 1.36. The van der Waals surface area contributed by atoms with Crippen molar-refractivity contribution in [1.82, 2.24) is 4.72 Å². The second kappa shape index (κ2) is 6.53. The Labute approximate surface area is 114 Å². The van der Waals surface area contributed by atoms with E-state index < -0.39 is 32.9 Å². The summed E-state index contributed by atoms with van der Waals surface area (Å²) in [5, 5.41) is 0. The predicted molar refractivity (Wildman–Crippen MR) is 64.4 cm³/mol. The zero-order chi connectivity index (χ0) is 15.4. The first-order chi connectivity index (χ1) is 9.20. The lowest BCUT2D eigenvalue weighted by Crippen LogP contribution is -2.34. The van der Waals surface area contributed by atoms with Gasteiger partial charge in [0.15, 0.2) is 6.29 Å². The van der Waals surface area contributed by atoms with Gasteiger partial charge in [-0.3, -0.25) is 0 Å². The van der Waals surface area contributed by atoms with Crippen LogP contribution in [0.15, 0.2) is 29.2 Å². The molecule has 0 unspecified atom stereocenters. The molecule has 0 saturated heterocycles. The highest BCUT2D eigenvalue weighted by atomic mass is 32.2. The summed E-state index contributed by atoms with van der Waals surface area (Å²) in [6, 6.07) is 3.47. The second-order valence-electron chi connectivity index (χ2n) is 3.78. The third-order valence-corrected chi connectivity index (χ3v) is 3.86. The summed E-state index contributed by atoms with van der Waals surface area (Å²) in [7, 11) is -1.44. The Morgan fingerprint density at radius 2 is 1.85 bits per heavy atom. The number of sulfonamides is 1. The molecule has 1 N–H and O–H groups in total. The van der Waals surface area contributed by atoms with Gasteiger partial charge in [-0.05, 0) is 18.2 Å². The number of ether oxygens (including phenoxy) is 2. The van der Waals surface area contributed by atoms with Crippen LogP contribution in [0.5, 0.6) is 0 Å². The summed E-state index contributed by atoms with van der Waals surface area (Å²) in [5.74, 6) is 0. The molecule has 0 atom stereocenters. The van der Waals surface area contributed by atoms with Crippen molar-refractivity contribution >= 4 is 10.0 Å². The van der Waals surface area contributed by atoms with Gasteiger partial charge in [0.05, 0.1) is 17.0 Å². The maximum Gasteiger partial charge on any atom is 0.416 e. The molecular formula is C11H14F3NO4S. The lowest BCUT2D eigenvalue weighted by Gasteiger charge is -2.15. The van der Waals surface area contributed by atoms with Crippen molar-refractivity contribution in [2.24, 2.45) is 0 Å². The highest BCUT2D eigenvalue weighted by molar-refractivity contribution is 7.89. The van der Waals surface area contributed by atoms with E-state index in [1.165, 1.54) is 14.2 Å². The maximum atomic E-state index is 12.5. The maximum absolute atomic E-state index is 12.5. The van der Waals surface area contributed by atoms with E-state index in [4.69, 9.17) is 9.47 Å². The number of hydrogen-bond donors (Lipinski definition) is 1. The van der Waals surface area contributed by atoms with Crippen LogP contribution in [0.1, 0.15) is 5.56 Å². The van der Waals surface area contributed by atoms with Crippen molar-refractivity contribution in [3.63, 3.8) is 0 Å². The molecule has 0 amide bonds. The number of rotatable bonds is 6. The molecule has 5 nitrogen and oxygen atoms in total. The van der Waals surface area contributed by atoms with E-state index in [1.807, 2.05) is 0 Å². The van der Waals surface area contributed by atoms with E-state index in [9.17, 15) is 21.6 Å². The first kappa shape index (κ1) is 16.9. The van der Waals surface area contributed by atoms with Crippen LogP contribution in [0.3, 0.4) is 0 Å². The minimum Gasteiger partial charge on any atom is -0.355 e. The molecule has 1 aromatic rings. The minimum atomic E-state index is -4.60. The molecule has 114 valence electrons. The van der Waals surface area contributed by atoms with Gasteiger partial charge in [-0.2, -0.15) is 13.2 Å². The Morgan fingerprint density at radius 3 is 2.35 bits per heavy atom. The van der Waals surface area contributed by atoms with Crippen molar-refractivity contribution in [1.29, 1.82) is 0 Å². The molecule has 0 aliphatic rings. The van der Waals surface area contributed by atoms with Crippen molar-refractivity contribution in [3.8, 4) is 0 Å². The van der Waals surface area contributed by atoms with Crippen molar-refractivity contribution in [3.05, 3.63) is 29.8 Å². The summed E-state index contributed by atoms with van der Waals surface area (Å²) >= 11 is 0. The molecule has 0 heterocycles. The highest BCUT2D eigenvalue weighted by Crippen LogP contribution is 2.30. The molecule has 0 fully saturated rings. The lowest BCUT2D eigenvalue weighted by molar-refractivity contribution is -0.137. The molecule has 0 spiro atoms. The van der Waals surface area contributed by atoms with Crippen LogP contribution in [0, 0.1) is 0 Å². The average molecular weight is 313 g/mol. The van der Waals surface area contributed by atoms with Gasteiger partial charge in [0.25, 0.3) is 0 Å². The molecule has 1 rings (SSSR count). The molecule has 0 bridgehead atoms. The molecule has 0 aliphatic carbocycles. The zero-order valence-corrected chi connectivity index (χ0v) is 11.6. The van der Waals surface area contributed by atoms with Gasteiger partial charge >= 0.3 is 6.18 Å². The second-order valence-corrected chi connectivity index (χ2v) is 5.55. The van der Waals surface area contributed by atoms with Gasteiger partial charge in [0, 0.05) is 14.2 Å². The average Bonchev–Trinajstić information content (AvgIpc) is 2.39. The van der Waals surface area contributed by atoms with Crippen molar-refractivity contribution in [2.75, 3.05) is 20.8 Å². The van der Waals surface area contributed by atoms with E-state index in [0.717, 1.165) is 18.2 Å². The number of benzene rings is 1. The summed E-state index contributed by atoms with van der Waals surface area (Å²) < 4.78 is 73.0. The first-order valence-corrected chi connectivity index (χ1v) is 6.91. The van der Waals surface area contributed by atoms with Crippen molar-refractivity contribution < 1.29 is 31.1 Å². The lowest BCUT2D eigenvalue weighted by atomic mass is 10.2. The number of methoxy groups -OCH3 is 2. The van der Waals surface area contributed by atoms with E-state index in [-0.39, 0.29) is 6.54 Å². The Balaban J connectivity index is 2.93. The summed E-state index contributed by atoms with van der Waals surface area (Å²) in [6.45, 7) is -0.217. The Hall–Kier alpha value is -1.16. The van der Waals surface area contributed by atoms with Gasteiger partial charge in [-0.25, -0.2) is 13.1 Å². The van der Waals surface area contributed by atoms with Crippen LogP contribution in [0.4, 0.5) is 13.2 Å². The van der Waals surface area contributed by atoms with Gasteiger partial charge in [0.2, 0.25) is 10.0 Å². The minimum absolute atomic E-state index is 0.217. The largest absolute Gasteiger partial charge is 0.416 e. The summed E-state index contributed by atoms with van der Waals surface area (Å²) in [6.07, 6.45) is -5.43. The topological polar surface area (TPSA) is 64.6 Å². The van der Waals surface area contributed by atoms with Crippen LogP contribution in [-0.2, 0) is 25.7 Å². The molecule has 0 aliphatic heterocycles. The predicted octanol–water partition coefficient (Wildman–Crippen LogP) is 1.60. The summed E-state index contributed by atoms with van der Waals surface area (Å²) in [5.41, 5.74) is -1.03. The first-order valence-electron chi connectivity index (χ1n) is 5.43. The zero-order valence-electron chi connectivity index (χ0n) is 10.8. The van der Waals surface area contributed by atoms with Crippen molar-refractivity contribution in [2.45, 2.75) is 17.4 Å². The Morgan fingerprint density at radius 1 is 1.25 bits per heavy atom. The highest BCUT2D eigenvalue weighted by Gasteiger charge is 2.31. The number of nitrogens with one attached hydrogen (secondary N) is 1. The Kier molecular flexibility index (Phi) is 5.51. The van der Waals surface area contributed by atoms with E-state index in [1.54, 1.807) is 0 Å². The quantitative estimate of drug-likeness (QED) is 0.810. The molecule has 0 aromatic heterocycles. The van der Waals surface area contributed by atoms with Gasteiger partial charge in [-0.15, -0.1) is 0 Å². The third kappa shape index (κ3) is 4.44. The molecule has 1 aromatic carbocycles. The number of hydrogen-bond acceptors (Lipinski definition) is 4. The fourth-order valence-corrected chi connectivity index (χ4v) is 2.43. The van der Waals surface area contributed by atoms with Gasteiger partial charge < -0.3 is 9.47 Å².